The molecule has 0 saturated carbocycles. The Labute approximate surface area is 81.3 Å². The summed E-state index contributed by atoms with van der Waals surface area (Å²) >= 11 is 0. The second-order valence-corrected chi connectivity index (χ2v) is 3.96. The van der Waals surface area contributed by atoms with Gasteiger partial charge in [0.2, 0.25) is 0 Å². The van der Waals surface area contributed by atoms with Crippen LogP contribution in [0, 0.1) is 0 Å². The van der Waals surface area contributed by atoms with Crippen LogP contribution in [0.15, 0.2) is 0 Å². The van der Waals surface area contributed by atoms with Crippen molar-refractivity contribution in [3.8, 4) is 0 Å². The third-order valence-corrected chi connectivity index (χ3v) is 2.89. The summed E-state index contributed by atoms with van der Waals surface area (Å²) < 4.78 is 0. The van der Waals surface area contributed by atoms with Gasteiger partial charge in [-0.3, -0.25) is 4.90 Å². The summed E-state index contributed by atoms with van der Waals surface area (Å²) in [5, 5.41) is 9.22. The van der Waals surface area contributed by atoms with Gasteiger partial charge in [0.25, 0.3) is 0 Å². The molecule has 1 N–H and O–H groups in total. The molecule has 0 bridgehead atoms. The molecular weight excluding hydrogens is 164 g/mol. The van der Waals surface area contributed by atoms with Crippen molar-refractivity contribution < 1.29 is 5.11 Å². The van der Waals surface area contributed by atoms with Gasteiger partial charge in [0, 0.05) is 32.2 Å². The van der Waals surface area contributed by atoms with E-state index < -0.39 is 0 Å². The van der Waals surface area contributed by atoms with Crippen molar-refractivity contribution >= 4 is 0 Å². The number of aliphatic hydroxyl groups is 1. The summed E-state index contributed by atoms with van der Waals surface area (Å²) in [6.45, 7) is 7.00. The third kappa shape index (κ3) is 3.25. The van der Waals surface area contributed by atoms with Crippen LogP contribution in [0.2, 0.25) is 0 Å². The molecule has 0 radical (unpaired) electrons. The van der Waals surface area contributed by atoms with Crippen molar-refractivity contribution in [3.05, 3.63) is 0 Å². The molecule has 0 amide bonds. The van der Waals surface area contributed by atoms with Crippen LogP contribution in [-0.4, -0.2) is 60.8 Å². The SMILES string of the molecule is CCCC(CO)N1CCN(C)CC1. The molecule has 1 fully saturated rings. The quantitative estimate of drug-likeness (QED) is 0.688. The van der Waals surface area contributed by atoms with Crippen molar-refractivity contribution in [1.29, 1.82) is 0 Å². The van der Waals surface area contributed by atoms with E-state index in [0.29, 0.717) is 12.6 Å². The Hall–Kier alpha value is -0.120. The van der Waals surface area contributed by atoms with Gasteiger partial charge in [-0.05, 0) is 13.5 Å². The van der Waals surface area contributed by atoms with Gasteiger partial charge in [0.05, 0.1) is 6.61 Å². The number of piperazine rings is 1. The minimum Gasteiger partial charge on any atom is -0.395 e. The zero-order valence-corrected chi connectivity index (χ0v) is 8.87. The van der Waals surface area contributed by atoms with Gasteiger partial charge < -0.3 is 10.0 Å². The summed E-state index contributed by atoms with van der Waals surface area (Å²) in [6, 6.07) is 0.402. The van der Waals surface area contributed by atoms with Crippen LogP contribution in [0.25, 0.3) is 0 Å². The van der Waals surface area contributed by atoms with E-state index in [9.17, 15) is 5.11 Å². The van der Waals surface area contributed by atoms with Crippen molar-refractivity contribution in [2.45, 2.75) is 25.8 Å². The molecule has 1 heterocycles. The average Bonchev–Trinajstić information content (AvgIpc) is 2.16. The minimum atomic E-state index is 0.317. The molecule has 0 aromatic heterocycles. The van der Waals surface area contributed by atoms with Gasteiger partial charge >= 0.3 is 0 Å². The zero-order valence-electron chi connectivity index (χ0n) is 8.87. The first-order chi connectivity index (χ1) is 6.27. The Morgan fingerprint density at radius 3 is 2.31 bits per heavy atom. The smallest absolute Gasteiger partial charge is 0.0586 e. The fourth-order valence-corrected chi connectivity index (χ4v) is 1.91. The Balaban J connectivity index is 2.32. The highest BCUT2D eigenvalue weighted by atomic mass is 16.3. The van der Waals surface area contributed by atoms with E-state index in [2.05, 4.69) is 23.8 Å². The second-order valence-electron chi connectivity index (χ2n) is 3.96. The van der Waals surface area contributed by atoms with E-state index in [-0.39, 0.29) is 0 Å². The number of hydrogen-bond acceptors (Lipinski definition) is 3. The molecule has 1 aliphatic heterocycles. The lowest BCUT2D eigenvalue weighted by molar-refractivity contribution is 0.0703. The van der Waals surface area contributed by atoms with Crippen LogP contribution in [0.3, 0.4) is 0 Å². The molecule has 78 valence electrons. The van der Waals surface area contributed by atoms with E-state index in [1.54, 1.807) is 0 Å². The van der Waals surface area contributed by atoms with Gasteiger partial charge in [-0.25, -0.2) is 0 Å². The lowest BCUT2D eigenvalue weighted by atomic mass is 10.1. The molecule has 1 aliphatic rings. The highest BCUT2D eigenvalue weighted by Gasteiger charge is 2.20. The minimum absolute atomic E-state index is 0.317. The number of likely N-dealkylation sites (N-methyl/N-ethyl adjacent to an activating group) is 1. The number of rotatable bonds is 4. The van der Waals surface area contributed by atoms with Crippen molar-refractivity contribution in [3.63, 3.8) is 0 Å². The molecule has 1 saturated heterocycles. The standard InChI is InChI=1S/C10H22N2O/c1-3-4-10(9-13)12-7-5-11(2)6-8-12/h10,13H,3-9H2,1-2H3. The highest BCUT2D eigenvalue weighted by molar-refractivity contribution is 4.76. The van der Waals surface area contributed by atoms with Gasteiger partial charge in [-0.1, -0.05) is 13.3 Å². The molecule has 3 nitrogen and oxygen atoms in total. The normalized spacial score (nSPS) is 23.3. The van der Waals surface area contributed by atoms with Crippen LogP contribution in [0.1, 0.15) is 19.8 Å². The van der Waals surface area contributed by atoms with Crippen LogP contribution in [0.4, 0.5) is 0 Å². The Kier molecular flexibility index (Phi) is 4.70. The van der Waals surface area contributed by atoms with Crippen LogP contribution >= 0.6 is 0 Å². The fourth-order valence-electron chi connectivity index (χ4n) is 1.91. The first-order valence-corrected chi connectivity index (χ1v) is 5.31. The van der Waals surface area contributed by atoms with Crippen LogP contribution in [0.5, 0.6) is 0 Å². The first-order valence-electron chi connectivity index (χ1n) is 5.31. The molecule has 1 rings (SSSR count). The molecular formula is C10H22N2O. The maximum atomic E-state index is 9.22. The van der Waals surface area contributed by atoms with Gasteiger partial charge in [0.15, 0.2) is 0 Å². The number of hydrogen-bond donors (Lipinski definition) is 1. The van der Waals surface area contributed by atoms with Gasteiger partial charge in [-0.15, -0.1) is 0 Å². The molecule has 0 aromatic carbocycles. The average molecular weight is 186 g/mol. The maximum absolute atomic E-state index is 9.22. The van der Waals surface area contributed by atoms with Gasteiger partial charge in [0.1, 0.15) is 0 Å². The Bertz CT molecular complexity index is 133. The van der Waals surface area contributed by atoms with Crippen molar-refractivity contribution in [2.24, 2.45) is 0 Å². The third-order valence-electron chi connectivity index (χ3n) is 2.89. The summed E-state index contributed by atoms with van der Waals surface area (Å²) in [6.07, 6.45) is 2.29. The molecule has 0 spiro atoms. The molecule has 1 unspecified atom stereocenters. The Morgan fingerprint density at radius 1 is 1.23 bits per heavy atom. The zero-order chi connectivity index (χ0) is 9.68. The molecule has 0 aromatic rings. The lowest BCUT2D eigenvalue weighted by Crippen LogP contribution is -2.50. The van der Waals surface area contributed by atoms with E-state index in [1.165, 1.54) is 0 Å². The summed E-state index contributed by atoms with van der Waals surface area (Å²) in [7, 11) is 2.16. The Morgan fingerprint density at radius 2 is 1.85 bits per heavy atom. The van der Waals surface area contributed by atoms with E-state index in [4.69, 9.17) is 0 Å². The maximum Gasteiger partial charge on any atom is 0.0586 e. The van der Waals surface area contributed by atoms with Crippen LogP contribution in [-0.2, 0) is 0 Å². The van der Waals surface area contributed by atoms with Gasteiger partial charge in [-0.2, -0.15) is 0 Å². The monoisotopic (exact) mass is 186 g/mol. The largest absolute Gasteiger partial charge is 0.395 e. The molecule has 3 heteroatoms. The number of aliphatic hydroxyl groups excluding tert-OH is 1. The van der Waals surface area contributed by atoms with Crippen molar-refractivity contribution in [2.75, 3.05) is 39.8 Å². The number of nitrogens with zero attached hydrogens (tertiary/aromatic N) is 2. The summed E-state index contributed by atoms with van der Waals surface area (Å²) in [5.74, 6) is 0. The fraction of sp³-hybridized carbons (Fsp3) is 1.00. The molecule has 1 atom stereocenters. The predicted molar refractivity (Wildman–Crippen MR) is 54.9 cm³/mol. The van der Waals surface area contributed by atoms with E-state index in [0.717, 1.165) is 39.0 Å². The summed E-state index contributed by atoms with van der Waals surface area (Å²) in [4.78, 5) is 4.76. The first kappa shape index (κ1) is 11.0. The van der Waals surface area contributed by atoms with Crippen LogP contribution < -0.4 is 0 Å². The molecule has 13 heavy (non-hydrogen) atoms. The highest BCUT2D eigenvalue weighted by Crippen LogP contribution is 2.09. The topological polar surface area (TPSA) is 26.7 Å². The predicted octanol–water partition coefficient (Wildman–Crippen LogP) is 0.395. The summed E-state index contributed by atoms with van der Waals surface area (Å²) in [5.41, 5.74) is 0. The second kappa shape index (κ2) is 5.58. The van der Waals surface area contributed by atoms with E-state index in [1.807, 2.05) is 0 Å². The lowest BCUT2D eigenvalue weighted by Gasteiger charge is -2.37. The van der Waals surface area contributed by atoms with Crippen molar-refractivity contribution in [1.82, 2.24) is 9.80 Å². The molecule has 0 aliphatic carbocycles. The van der Waals surface area contributed by atoms with E-state index >= 15 is 0 Å².